The molecule has 1 saturated heterocycles. The van der Waals surface area contributed by atoms with Crippen molar-refractivity contribution in [1.82, 2.24) is 14.1 Å². The second-order valence-corrected chi connectivity index (χ2v) is 9.02. The van der Waals surface area contributed by atoms with E-state index in [1.165, 1.54) is 30.3 Å². The van der Waals surface area contributed by atoms with Gasteiger partial charge in [0.15, 0.2) is 0 Å². The Balaban J connectivity index is 1.93. The van der Waals surface area contributed by atoms with Crippen LogP contribution in [-0.4, -0.2) is 61.3 Å². The molecule has 3 rings (SSSR count). The summed E-state index contributed by atoms with van der Waals surface area (Å²) in [6.07, 6.45) is 0. The number of carbonyl (C=O) groups excluding carboxylic acids is 1. The van der Waals surface area contributed by atoms with Gasteiger partial charge in [-0.2, -0.15) is 0 Å². The molecule has 2 aromatic carbocycles. The summed E-state index contributed by atoms with van der Waals surface area (Å²) in [5, 5.41) is 0. The summed E-state index contributed by atoms with van der Waals surface area (Å²) in [5.74, 6) is -0.473. The summed E-state index contributed by atoms with van der Waals surface area (Å²) in [6.45, 7) is 6.87. The second kappa shape index (κ2) is 8.92. The largest absolute Gasteiger partial charge is 0.334 e. The van der Waals surface area contributed by atoms with Crippen LogP contribution in [0.1, 0.15) is 18.1 Å². The smallest absolute Gasteiger partial charge is 0.321 e. The van der Waals surface area contributed by atoms with Crippen molar-refractivity contribution in [2.75, 3.05) is 32.7 Å². The monoisotopic (exact) mass is 419 g/mol. The molecule has 0 aliphatic carbocycles. The summed E-state index contributed by atoms with van der Waals surface area (Å²) >= 11 is 0. The summed E-state index contributed by atoms with van der Waals surface area (Å²) in [5.41, 5.74) is 1.34. The van der Waals surface area contributed by atoms with Crippen molar-refractivity contribution in [1.29, 1.82) is 0 Å². The highest BCUT2D eigenvalue weighted by molar-refractivity contribution is 7.89. The fourth-order valence-electron chi connectivity index (χ4n) is 3.31. The minimum atomic E-state index is -4.09. The molecule has 0 unspecified atom stereocenters. The highest BCUT2D eigenvalue weighted by Crippen LogP contribution is 2.22. The third-order valence-corrected chi connectivity index (χ3v) is 6.86. The van der Waals surface area contributed by atoms with Crippen LogP contribution in [0, 0.1) is 12.7 Å². The van der Waals surface area contributed by atoms with E-state index in [2.05, 4.69) is 11.8 Å². The lowest BCUT2D eigenvalue weighted by Gasteiger charge is -2.36. The first-order valence-corrected chi connectivity index (χ1v) is 11.1. The highest BCUT2D eigenvalue weighted by Gasteiger charge is 2.34. The molecule has 0 aromatic heterocycles. The molecule has 6 nitrogen and oxygen atoms in total. The maximum atomic E-state index is 13.7. The predicted molar refractivity (Wildman–Crippen MR) is 109 cm³/mol. The third-order valence-electron chi connectivity index (χ3n) is 5.13. The number of hydrogen-bond acceptors (Lipinski definition) is 4. The first kappa shape index (κ1) is 21.3. The van der Waals surface area contributed by atoms with E-state index < -0.39 is 21.9 Å². The number of likely N-dealkylation sites (N-methyl/N-ethyl adjacent to an activating group) is 1. The molecule has 0 spiro atoms. The number of hydrogen-bond donors (Lipinski definition) is 0. The zero-order valence-corrected chi connectivity index (χ0v) is 17.5. The van der Waals surface area contributed by atoms with Gasteiger partial charge in [0, 0.05) is 26.2 Å². The van der Waals surface area contributed by atoms with E-state index in [1.54, 1.807) is 23.1 Å². The average molecular weight is 420 g/mol. The maximum absolute atomic E-state index is 13.7. The van der Waals surface area contributed by atoms with Gasteiger partial charge in [-0.3, -0.25) is 0 Å². The molecular weight excluding hydrogens is 393 g/mol. The first-order valence-electron chi connectivity index (χ1n) is 9.66. The normalized spacial score (nSPS) is 15.3. The fourth-order valence-corrected chi connectivity index (χ4v) is 4.68. The zero-order valence-electron chi connectivity index (χ0n) is 16.7. The van der Waals surface area contributed by atoms with Crippen LogP contribution in [0.5, 0.6) is 0 Å². The molecule has 2 aromatic rings. The van der Waals surface area contributed by atoms with E-state index in [0.717, 1.165) is 16.4 Å². The Bertz CT molecular complexity index is 955. The van der Waals surface area contributed by atoms with Crippen molar-refractivity contribution in [2.45, 2.75) is 25.3 Å². The topological polar surface area (TPSA) is 60.9 Å². The SMILES string of the molecule is CCN1CCN(C(=O)N(Cc2cccc(F)c2)S(=O)(=O)c2ccc(C)cc2)CC1. The fraction of sp³-hybridized carbons (Fsp3) is 0.381. The Labute approximate surface area is 171 Å². The number of halogens is 1. The lowest BCUT2D eigenvalue weighted by atomic mass is 10.2. The van der Waals surface area contributed by atoms with Gasteiger partial charge in [0.2, 0.25) is 0 Å². The van der Waals surface area contributed by atoms with Crippen molar-refractivity contribution in [3.63, 3.8) is 0 Å². The van der Waals surface area contributed by atoms with Gasteiger partial charge in [0.1, 0.15) is 5.82 Å². The summed E-state index contributed by atoms with van der Waals surface area (Å²) in [4.78, 5) is 17.0. The molecule has 0 saturated carbocycles. The van der Waals surface area contributed by atoms with Crippen LogP contribution in [0.2, 0.25) is 0 Å². The molecule has 0 bridgehead atoms. The Kier molecular flexibility index (Phi) is 6.54. The van der Waals surface area contributed by atoms with E-state index >= 15 is 0 Å². The number of aryl methyl sites for hydroxylation is 1. The molecule has 156 valence electrons. The lowest BCUT2D eigenvalue weighted by molar-refractivity contribution is 0.129. The molecule has 2 amide bonds. The van der Waals surface area contributed by atoms with Crippen molar-refractivity contribution in [3.8, 4) is 0 Å². The first-order chi connectivity index (χ1) is 13.8. The summed E-state index contributed by atoms with van der Waals surface area (Å²) < 4.78 is 41.1. The molecule has 1 aliphatic rings. The Morgan fingerprint density at radius 2 is 1.72 bits per heavy atom. The summed E-state index contributed by atoms with van der Waals surface area (Å²) in [7, 11) is -4.09. The van der Waals surface area contributed by atoms with Crippen LogP contribution in [0.25, 0.3) is 0 Å². The standard InChI is InChI=1S/C21H26FN3O3S/c1-3-23-11-13-24(14-12-23)21(26)25(16-18-5-4-6-19(22)15-18)29(27,28)20-9-7-17(2)8-10-20/h4-10,15H,3,11-14,16H2,1-2H3. The van der Waals surface area contributed by atoms with E-state index in [9.17, 15) is 17.6 Å². The molecule has 0 N–H and O–H groups in total. The number of benzene rings is 2. The Morgan fingerprint density at radius 1 is 1.07 bits per heavy atom. The van der Waals surface area contributed by atoms with Crippen molar-refractivity contribution in [2.24, 2.45) is 0 Å². The lowest BCUT2D eigenvalue weighted by Crippen LogP contribution is -2.53. The molecule has 1 aliphatic heterocycles. The van der Waals surface area contributed by atoms with Crippen LogP contribution in [0.3, 0.4) is 0 Å². The van der Waals surface area contributed by atoms with Gasteiger partial charge in [-0.05, 0) is 43.3 Å². The van der Waals surface area contributed by atoms with Crippen molar-refractivity contribution < 1.29 is 17.6 Å². The molecule has 29 heavy (non-hydrogen) atoms. The number of nitrogens with zero attached hydrogens (tertiary/aromatic N) is 3. The molecule has 8 heteroatoms. The van der Waals surface area contributed by atoms with Crippen LogP contribution < -0.4 is 0 Å². The maximum Gasteiger partial charge on any atom is 0.334 e. The number of amides is 2. The number of carbonyl (C=O) groups is 1. The van der Waals surface area contributed by atoms with Crippen molar-refractivity contribution in [3.05, 3.63) is 65.5 Å². The van der Waals surface area contributed by atoms with Gasteiger partial charge in [-0.15, -0.1) is 0 Å². The van der Waals surface area contributed by atoms with Gasteiger partial charge in [0.05, 0.1) is 11.4 Å². The van der Waals surface area contributed by atoms with Gasteiger partial charge in [-0.1, -0.05) is 36.8 Å². The third kappa shape index (κ3) is 4.94. The van der Waals surface area contributed by atoms with Crippen LogP contribution in [-0.2, 0) is 16.6 Å². The van der Waals surface area contributed by atoms with Gasteiger partial charge in [0.25, 0.3) is 10.0 Å². The van der Waals surface area contributed by atoms with Crippen LogP contribution in [0.4, 0.5) is 9.18 Å². The second-order valence-electron chi connectivity index (χ2n) is 7.16. The van der Waals surface area contributed by atoms with Gasteiger partial charge in [-0.25, -0.2) is 21.9 Å². The van der Waals surface area contributed by atoms with E-state index in [4.69, 9.17) is 0 Å². The van der Waals surface area contributed by atoms with E-state index in [1.807, 2.05) is 6.92 Å². The predicted octanol–water partition coefficient (Wildman–Crippen LogP) is 3.08. The van der Waals surface area contributed by atoms with E-state index in [-0.39, 0.29) is 11.4 Å². The molecule has 0 atom stereocenters. The molecule has 1 fully saturated rings. The number of piperazine rings is 1. The number of urea groups is 1. The average Bonchev–Trinajstić information content (AvgIpc) is 2.72. The minimum absolute atomic E-state index is 0.0417. The highest BCUT2D eigenvalue weighted by atomic mass is 32.2. The molecule has 1 heterocycles. The van der Waals surface area contributed by atoms with Crippen molar-refractivity contribution >= 4 is 16.1 Å². The quantitative estimate of drug-likeness (QED) is 0.747. The van der Waals surface area contributed by atoms with Crippen LogP contribution in [0.15, 0.2) is 53.4 Å². The Morgan fingerprint density at radius 3 is 2.31 bits per heavy atom. The van der Waals surface area contributed by atoms with Gasteiger partial charge >= 0.3 is 6.03 Å². The van der Waals surface area contributed by atoms with E-state index in [0.29, 0.717) is 31.7 Å². The zero-order chi connectivity index (χ0) is 21.0. The molecule has 0 radical (unpaired) electrons. The van der Waals surface area contributed by atoms with Crippen LogP contribution >= 0.6 is 0 Å². The number of rotatable bonds is 5. The minimum Gasteiger partial charge on any atom is -0.321 e. The molecular formula is C21H26FN3O3S. The summed E-state index contributed by atoms with van der Waals surface area (Å²) in [6, 6.07) is 11.4. The number of sulfonamides is 1. The Hall–Kier alpha value is -2.45. The van der Waals surface area contributed by atoms with Gasteiger partial charge < -0.3 is 9.80 Å².